The van der Waals surface area contributed by atoms with E-state index in [2.05, 4.69) is 57.8 Å². The van der Waals surface area contributed by atoms with E-state index < -0.39 is 0 Å². The minimum absolute atomic E-state index is 0.387. The summed E-state index contributed by atoms with van der Waals surface area (Å²) in [6.07, 6.45) is 6.49. The van der Waals surface area contributed by atoms with Crippen molar-refractivity contribution in [3.05, 3.63) is 48.0 Å². The van der Waals surface area contributed by atoms with Crippen LogP contribution in [0.1, 0.15) is 50.0 Å². The first-order valence-corrected chi connectivity index (χ1v) is 7.02. The summed E-state index contributed by atoms with van der Waals surface area (Å²) in [5.41, 5.74) is 1.35. The third-order valence-corrected chi connectivity index (χ3v) is 3.28. The molecule has 1 aromatic carbocycles. The number of hydrogen-bond acceptors (Lipinski definition) is 3. The molecule has 0 bridgehead atoms. The Kier molecular flexibility index (Phi) is 5.56. The highest BCUT2D eigenvalue weighted by Gasteiger charge is 2.10. The third kappa shape index (κ3) is 4.48. The first kappa shape index (κ1) is 13.7. The Morgan fingerprint density at radius 2 is 2.05 bits per heavy atom. The second-order valence-corrected chi connectivity index (χ2v) is 4.77. The zero-order valence-corrected chi connectivity index (χ0v) is 11.5. The van der Waals surface area contributed by atoms with Gasteiger partial charge in [-0.25, -0.2) is 4.98 Å². The van der Waals surface area contributed by atoms with Gasteiger partial charge in [-0.1, -0.05) is 56.5 Å². The van der Waals surface area contributed by atoms with Gasteiger partial charge >= 0.3 is 0 Å². The van der Waals surface area contributed by atoms with Crippen LogP contribution in [0.25, 0.3) is 0 Å². The fourth-order valence-corrected chi connectivity index (χ4v) is 2.21. The maximum Gasteiger partial charge on any atom is 0.138 e. The molecule has 4 heteroatoms. The summed E-state index contributed by atoms with van der Waals surface area (Å²) in [5, 5.41) is 10.3. The van der Waals surface area contributed by atoms with E-state index in [0.717, 1.165) is 18.8 Å². The maximum absolute atomic E-state index is 4.15. The van der Waals surface area contributed by atoms with E-state index in [4.69, 9.17) is 0 Å². The van der Waals surface area contributed by atoms with Gasteiger partial charge in [0.15, 0.2) is 0 Å². The number of aromatic amines is 1. The number of rotatable bonds is 8. The van der Waals surface area contributed by atoms with E-state index >= 15 is 0 Å². The molecule has 102 valence electrons. The Morgan fingerprint density at radius 3 is 2.74 bits per heavy atom. The molecule has 1 aromatic heterocycles. The standard InChI is InChI=1S/C15H22N4/c1-2-3-5-10-14(13-8-6-4-7-9-13)16-11-15-17-12-18-19-15/h4,6-9,12,14,16H,2-3,5,10-11H2,1H3,(H,17,18,19). The summed E-state index contributed by atoms with van der Waals surface area (Å²) in [5.74, 6) is 0.886. The van der Waals surface area contributed by atoms with Crippen LogP contribution in [0.2, 0.25) is 0 Å². The van der Waals surface area contributed by atoms with Crippen LogP contribution in [0, 0.1) is 0 Å². The first-order chi connectivity index (χ1) is 9.40. The van der Waals surface area contributed by atoms with E-state index in [1.54, 1.807) is 6.33 Å². The monoisotopic (exact) mass is 258 g/mol. The number of H-pyrrole nitrogens is 1. The molecular weight excluding hydrogens is 236 g/mol. The summed E-state index contributed by atoms with van der Waals surface area (Å²) in [6.45, 7) is 2.96. The van der Waals surface area contributed by atoms with Gasteiger partial charge in [0.1, 0.15) is 12.2 Å². The summed E-state index contributed by atoms with van der Waals surface area (Å²) >= 11 is 0. The minimum Gasteiger partial charge on any atom is -0.303 e. The number of nitrogens with one attached hydrogen (secondary N) is 2. The van der Waals surface area contributed by atoms with Gasteiger partial charge in [-0.2, -0.15) is 5.10 Å². The zero-order valence-electron chi connectivity index (χ0n) is 11.5. The van der Waals surface area contributed by atoms with Crippen molar-refractivity contribution in [1.29, 1.82) is 0 Å². The van der Waals surface area contributed by atoms with Crippen molar-refractivity contribution in [2.45, 2.75) is 45.2 Å². The first-order valence-electron chi connectivity index (χ1n) is 7.02. The summed E-state index contributed by atoms with van der Waals surface area (Å²) < 4.78 is 0. The molecular formula is C15H22N4. The van der Waals surface area contributed by atoms with E-state index in [1.807, 2.05) is 0 Å². The van der Waals surface area contributed by atoms with Crippen LogP contribution in [0.15, 0.2) is 36.7 Å². The molecule has 0 aliphatic rings. The normalized spacial score (nSPS) is 12.5. The molecule has 1 unspecified atom stereocenters. The molecule has 0 amide bonds. The van der Waals surface area contributed by atoms with Crippen LogP contribution >= 0.6 is 0 Å². The van der Waals surface area contributed by atoms with E-state index in [9.17, 15) is 0 Å². The van der Waals surface area contributed by atoms with Crippen LogP contribution in [-0.4, -0.2) is 15.2 Å². The van der Waals surface area contributed by atoms with E-state index in [1.165, 1.54) is 24.8 Å². The Bertz CT molecular complexity index is 438. The Hall–Kier alpha value is -1.68. The number of benzene rings is 1. The highest BCUT2D eigenvalue weighted by molar-refractivity contribution is 5.18. The average molecular weight is 258 g/mol. The molecule has 2 aromatic rings. The maximum atomic E-state index is 4.15. The topological polar surface area (TPSA) is 53.6 Å². The lowest BCUT2D eigenvalue weighted by atomic mass is 10.0. The molecule has 2 rings (SSSR count). The van der Waals surface area contributed by atoms with Gasteiger partial charge in [0.05, 0.1) is 6.54 Å². The molecule has 0 spiro atoms. The van der Waals surface area contributed by atoms with Gasteiger partial charge in [0, 0.05) is 6.04 Å². The smallest absolute Gasteiger partial charge is 0.138 e. The van der Waals surface area contributed by atoms with Crippen molar-refractivity contribution in [2.24, 2.45) is 0 Å². The Morgan fingerprint density at radius 1 is 1.21 bits per heavy atom. The fourth-order valence-electron chi connectivity index (χ4n) is 2.21. The highest BCUT2D eigenvalue weighted by atomic mass is 15.2. The second kappa shape index (κ2) is 7.69. The molecule has 0 saturated heterocycles. The van der Waals surface area contributed by atoms with Gasteiger partial charge in [0.25, 0.3) is 0 Å². The van der Waals surface area contributed by atoms with Crippen LogP contribution in [-0.2, 0) is 6.54 Å². The molecule has 19 heavy (non-hydrogen) atoms. The van der Waals surface area contributed by atoms with Crippen molar-refractivity contribution in [3.63, 3.8) is 0 Å². The Balaban J connectivity index is 1.93. The lowest BCUT2D eigenvalue weighted by Gasteiger charge is -2.18. The van der Waals surface area contributed by atoms with Gasteiger partial charge in [-0.15, -0.1) is 0 Å². The van der Waals surface area contributed by atoms with Crippen molar-refractivity contribution in [3.8, 4) is 0 Å². The summed E-state index contributed by atoms with van der Waals surface area (Å²) in [6, 6.07) is 11.0. The molecule has 0 radical (unpaired) electrons. The molecule has 0 aliphatic heterocycles. The quantitative estimate of drug-likeness (QED) is 0.715. The van der Waals surface area contributed by atoms with Crippen LogP contribution < -0.4 is 5.32 Å². The molecule has 2 N–H and O–H groups in total. The largest absolute Gasteiger partial charge is 0.303 e. The molecule has 1 atom stereocenters. The van der Waals surface area contributed by atoms with Crippen LogP contribution in [0.5, 0.6) is 0 Å². The number of nitrogens with zero attached hydrogens (tertiary/aromatic N) is 2. The zero-order chi connectivity index (χ0) is 13.3. The molecule has 0 fully saturated rings. The lowest BCUT2D eigenvalue weighted by Crippen LogP contribution is -2.21. The van der Waals surface area contributed by atoms with Gasteiger partial charge in [-0.3, -0.25) is 5.10 Å². The molecule has 0 aliphatic carbocycles. The van der Waals surface area contributed by atoms with E-state index in [0.29, 0.717) is 6.04 Å². The van der Waals surface area contributed by atoms with Gasteiger partial charge in [0.2, 0.25) is 0 Å². The highest BCUT2D eigenvalue weighted by Crippen LogP contribution is 2.20. The predicted molar refractivity (Wildman–Crippen MR) is 76.5 cm³/mol. The number of unbranched alkanes of at least 4 members (excludes halogenated alkanes) is 2. The van der Waals surface area contributed by atoms with Crippen LogP contribution in [0.4, 0.5) is 0 Å². The molecule has 4 nitrogen and oxygen atoms in total. The summed E-state index contributed by atoms with van der Waals surface area (Å²) in [7, 11) is 0. The predicted octanol–water partition coefficient (Wildman–Crippen LogP) is 3.22. The van der Waals surface area contributed by atoms with Crippen molar-refractivity contribution < 1.29 is 0 Å². The van der Waals surface area contributed by atoms with Crippen molar-refractivity contribution in [2.75, 3.05) is 0 Å². The van der Waals surface area contributed by atoms with Crippen LogP contribution in [0.3, 0.4) is 0 Å². The van der Waals surface area contributed by atoms with E-state index in [-0.39, 0.29) is 0 Å². The lowest BCUT2D eigenvalue weighted by molar-refractivity contribution is 0.467. The van der Waals surface area contributed by atoms with Gasteiger partial charge < -0.3 is 5.32 Å². The third-order valence-electron chi connectivity index (χ3n) is 3.28. The number of aromatic nitrogens is 3. The van der Waals surface area contributed by atoms with Gasteiger partial charge in [-0.05, 0) is 12.0 Å². The molecule has 1 heterocycles. The van der Waals surface area contributed by atoms with Crippen molar-refractivity contribution in [1.82, 2.24) is 20.5 Å². The minimum atomic E-state index is 0.387. The summed E-state index contributed by atoms with van der Waals surface area (Å²) in [4.78, 5) is 4.15. The Labute approximate surface area is 114 Å². The second-order valence-electron chi connectivity index (χ2n) is 4.77. The SMILES string of the molecule is CCCCCC(NCc1ncn[nH]1)c1ccccc1. The van der Waals surface area contributed by atoms with Crippen molar-refractivity contribution >= 4 is 0 Å². The fraction of sp³-hybridized carbons (Fsp3) is 0.467. The average Bonchev–Trinajstić information content (AvgIpc) is 2.97. The molecule has 0 saturated carbocycles. The number of hydrogen-bond donors (Lipinski definition) is 2.